The van der Waals surface area contributed by atoms with E-state index < -0.39 is 0 Å². The summed E-state index contributed by atoms with van der Waals surface area (Å²) in [6.07, 6.45) is 5.17. The lowest BCUT2D eigenvalue weighted by atomic mass is 9.95. The van der Waals surface area contributed by atoms with Crippen LogP contribution in [0, 0.1) is 11.8 Å². The van der Waals surface area contributed by atoms with Crippen LogP contribution in [0.3, 0.4) is 0 Å². The average molecular weight is 301 g/mol. The lowest BCUT2D eigenvalue weighted by Gasteiger charge is -2.22. The monoisotopic (exact) mass is 301 g/mol. The van der Waals surface area contributed by atoms with Crippen molar-refractivity contribution in [3.05, 3.63) is 24.3 Å². The number of benzene rings is 1. The molecular formula is C16H19N3OS. The van der Waals surface area contributed by atoms with Crippen LogP contribution in [0.4, 0.5) is 0 Å². The number of nitrogens with one attached hydrogen (secondary N) is 2. The Bertz CT molecular complexity index is 635. The Kier molecular flexibility index (Phi) is 3.37. The molecule has 4 nitrogen and oxygen atoms in total. The molecule has 2 fully saturated rings. The van der Waals surface area contributed by atoms with Crippen molar-refractivity contribution in [1.82, 2.24) is 15.3 Å². The van der Waals surface area contributed by atoms with Gasteiger partial charge >= 0.3 is 0 Å². The van der Waals surface area contributed by atoms with Gasteiger partial charge in [-0.3, -0.25) is 4.79 Å². The Labute approximate surface area is 128 Å². The number of hydrogen-bond donors (Lipinski definition) is 2. The van der Waals surface area contributed by atoms with Crippen LogP contribution in [-0.2, 0) is 4.79 Å². The molecule has 0 aliphatic heterocycles. The van der Waals surface area contributed by atoms with E-state index in [0.717, 1.165) is 28.0 Å². The molecule has 4 rings (SSSR count). The van der Waals surface area contributed by atoms with Crippen molar-refractivity contribution in [2.24, 2.45) is 11.8 Å². The van der Waals surface area contributed by atoms with Gasteiger partial charge in [0.2, 0.25) is 5.91 Å². The SMILES string of the molecule is O=C(CSc1nc2ccccc2[nH]1)N[C@@H]1C[C@H]2CC[C@@H]1C2. The van der Waals surface area contributed by atoms with Gasteiger partial charge < -0.3 is 10.3 Å². The molecule has 2 saturated carbocycles. The van der Waals surface area contributed by atoms with E-state index in [0.29, 0.717) is 11.8 Å². The number of rotatable bonds is 4. The molecule has 3 atom stereocenters. The second-order valence-electron chi connectivity index (χ2n) is 6.20. The summed E-state index contributed by atoms with van der Waals surface area (Å²) in [5, 5.41) is 4.03. The first-order valence-electron chi connectivity index (χ1n) is 7.65. The van der Waals surface area contributed by atoms with Gasteiger partial charge in [-0.25, -0.2) is 4.98 Å². The highest BCUT2D eigenvalue weighted by molar-refractivity contribution is 7.99. The number of amides is 1. The van der Waals surface area contributed by atoms with Crippen LogP contribution in [0.15, 0.2) is 29.4 Å². The second-order valence-corrected chi connectivity index (χ2v) is 7.16. The summed E-state index contributed by atoms with van der Waals surface area (Å²) >= 11 is 1.48. The van der Waals surface area contributed by atoms with Gasteiger partial charge in [0.25, 0.3) is 0 Å². The van der Waals surface area contributed by atoms with Crippen LogP contribution < -0.4 is 5.32 Å². The van der Waals surface area contributed by atoms with Gasteiger partial charge in [-0.15, -0.1) is 0 Å². The molecule has 5 heteroatoms. The first-order valence-corrected chi connectivity index (χ1v) is 8.63. The number of thioether (sulfide) groups is 1. The first kappa shape index (κ1) is 13.2. The fourth-order valence-electron chi connectivity index (χ4n) is 3.80. The number of aromatic nitrogens is 2. The van der Waals surface area contributed by atoms with E-state index in [2.05, 4.69) is 15.3 Å². The molecular weight excluding hydrogens is 282 g/mol. The van der Waals surface area contributed by atoms with Gasteiger partial charge in [0, 0.05) is 6.04 Å². The third-order valence-electron chi connectivity index (χ3n) is 4.79. The highest BCUT2D eigenvalue weighted by Crippen LogP contribution is 2.44. The molecule has 2 aliphatic rings. The number of fused-ring (bicyclic) bond motifs is 3. The van der Waals surface area contributed by atoms with Crippen molar-refractivity contribution in [2.45, 2.75) is 36.9 Å². The Morgan fingerprint density at radius 2 is 2.24 bits per heavy atom. The fourth-order valence-corrected chi connectivity index (χ4v) is 4.50. The number of para-hydroxylation sites is 2. The van der Waals surface area contributed by atoms with E-state index in [1.807, 2.05) is 24.3 Å². The number of hydrogen-bond acceptors (Lipinski definition) is 3. The number of imidazole rings is 1. The van der Waals surface area contributed by atoms with E-state index >= 15 is 0 Å². The molecule has 2 N–H and O–H groups in total. The number of carbonyl (C=O) groups is 1. The molecule has 21 heavy (non-hydrogen) atoms. The lowest BCUT2D eigenvalue weighted by molar-refractivity contribution is -0.119. The molecule has 0 spiro atoms. The van der Waals surface area contributed by atoms with Crippen LogP contribution in [0.5, 0.6) is 0 Å². The Balaban J connectivity index is 1.32. The maximum atomic E-state index is 12.1. The van der Waals surface area contributed by atoms with E-state index in [-0.39, 0.29) is 5.91 Å². The van der Waals surface area contributed by atoms with Gasteiger partial charge in [0.15, 0.2) is 5.16 Å². The van der Waals surface area contributed by atoms with Gasteiger partial charge in [-0.1, -0.05) is 30.3 Å². The summed E-state index contributed by atoms with van der Waals surface area (Å²) in [7, 11) is 0. The number of carbonyl (C=O) groups excluding carboxylic acids is 1. The van der Waals surface area contributed by atoms with E-state index in [1.54, 1.807) is 0 Å². The van der Waals surface area contributed by atoms with Gasteiger partial charge in [-0.05, 0) is 43.2 Å². The van der Waals surface area contributed by atoms with Crippen molar-refractivity contribution in [2.75, 3.05) is 5.75 Å². The summed E-state index contributed by atoms with van der Waals surface area (Å²) in [6, 6.07) is 8.36. The van der Waals surface area contributed by atoms with Crippen LogP contribution >= 0.6 is 11.8 Å². The van der Waals surface area contributed by atoms with Gasteiger partial charge in [0.05, 0.1) is 16.8 Å². The zero-order chi connectivity index (χ0) is 14.2. The molecule has 110 valence electrons. The normalized spacial score (nSPS) is 27.3. The zero-order valence-electron chi connectivity index (χ0n) is 11.8. The van der Waals surface area contributed by atoms with Gasteiger partial charge in [0.1, 0.15) is 0 Å². The molecule has 2 bridgehead atoms. The molecule has 1 aromatic carbocycles. The predicted octanol–water partition coefficient (Wildman–Crippen LogP) is 2.96. The summed E-state index contributed by atoms with van der Waals surface area (Å²) in [6.45, 7) is 0. The van der Waals surface area contributed by atoms with E-state index in [1.165, 1.54) is 37.4 Å². The smallest absolute Gasteiger partial charge is 0.230 e. The number of aromatic amines is 1. The van der Waals surface area contributed by atoms with Crippen molar-refractivity contribution in [3.63, 3.8) is 0 Å². The van der Waals surface area contributed by atoms with Crippen LogP contribution in [0.2, 0.25) is 0 Å². The molecule has 1 heterocycles. The van der Waals surface area contributed by atoms with Crippen molar-refractivity contribution in [3.8, 4) is 0 Å². The quantitative estimate of drug-likeness (QED) is 0.854. The summed E-state index contributed by atoms with van der Waals surface area (Å²) in [5.41, 5.74) is 1.97. The fraction of sp³-hybridized carbons (Fsp3) is 0.500. The van der Waals surface area contributed by atoms with E-state index in [4.69, 9.17) is 0 Å². The van der Waals surface area contributed by atoms with Gasteiger partial charge in [-0.2, -0.15) is 0 Å². The summed E-state index contributed by atoms with van der Waals surface area (Å²) < 4.78 is 0. The Hall–Kier alpha value is -1.49. The van der Waals surface area contributed by atoms with Crippen LogP contribution in [0.1, 0.15) is 25.7 Å². The van der Waals surface area contributed by atoms with Crippen molar-refractivity contribution < 1.29 is 4.79 Å². The average Bonchev–Trinajstić information content (AvgIpc) is 3.19. The molecule has 0 unspecified atom stereocenters. The minimum Gasteiger partial charge on any atom is -0.352 e. The predicted molar refractivity (Wildman–Crippen MR) is 84.2 cm³/mol. The molecule has 1 aromatic heterocycles. The molecule has 1 amide bonds. The Morgan fingerprint density at radius 3 is 3.00 bits per heavy atom. The number of nitrogens with zero attached hydrogens (tertiary/aromatic N) is 1. The Morgan fingerprint density at radius 1 is 1.33 bits per heavy atom. The molecule has 0 saturated heterocycles. The minimum absolute atomic E-state index is 0.137. The first-order chi connectivity index (χ1) is 10.3. The van der Waals surface area contributed by atoms with E-state index in [9.17, 15) is 4.79 Å². The number of H-pyrrole nitrogens is 1. The molecule has 2 aromatic rings. The van der Waals surface area contributed by atoms with Crippen molar-refractivity contribution >= 4 is 28.7 Å². The highest BCUT2D eigenvalue weighted by atomic mass is 32.2. The third kappa shape index (κ3) is 2.67. The maximum Gasteiger partial charge on any atom is 0.230 e. The highest BCUT2D eigenvalue weighted by Gasteiger charge is 2.39. The summed E-state index contributed by atoms with van der Waals surface area (Å²) in [4.78, 5) is 19.8. The second kappa shape index (κ2) is 5.37. The largest absolute Gasteiger partial charge is 0.352 e. The summed E-state index contributed by atoms with van der Waals surface area (Å²) in [5.74, 6) is 2.17. The van der Waals surface area contributed by atoms with Crippen molar-refractivity contribution in [1.29, 1.82) is 0 Å². The minimum atomic E-state index is 0.137. The standard InChI is InChI=1S/C16H19N3OS/c20-15(17-14-8-10-5-6-11(14)7-10)9-21-16-18-12-3-1-2-4-13(12)19-16/h1-4,10-11,14H,5-9H2,(H,17,20)(H,18,19)/t10-,11+,14+/m0/s1. The topological polar surface area (TPSA) is 57.8 Å². The van der Waals surface area contributed by atoms with Crippen LogP contribution in [0.25, 0.3) is 11.0 Å². The zero-order valence-corrected chi connectivity index (χ0v) is 12.7. The lowest BCUT2D eigenvalue weighted by Crippen LogP contribution is -2.39. The molecule has 2 aliphatic carbocycles. The molecule has 0 radical (unpaired) electrons. The maximum absolute atomic E-state index is 12.1. The third-order valence-corrected chi connectivity index (χ3v) is 5.67. The van der Waals surface area contributed by atoms with Crippen LogP contribution in [-0.4, -0.2) is 27.7 Å².